The van der Waals surface area contributed by atoms with Gasteiger partial charge in [0.2, 0.25) is 0 Å². The summed E-state index contributed by atoms with van der Waals surface area (Å²) in [5, 5.41) is 6.88. The lowest BCUT2D eigenvalue weighted by Gasteiger charge is -2.34. The van der Waals surface area contributed by atoms with E-state index in [-0.39, 0.29) is 0 Å². The second-order valence-corrected chi connectivity index (χ2v) is 8.55. The monoisotopic (exact) mass is 414 g/mol. The third-order valence-electron chi connectivity index (χ3n) is 6.27. The lowest BCUT2D eigenvalue weighted by atomic mass is 10.1. The summed E-state index contributed by atoms with van der Waals surface area (Å²) in [6.45, 7) is 17.5. The normalized spacial score (nSPS) is 19.7. The molecule has 3 rings (SSSR count). The van der Waals surface area contributed by atoms with E-state index < -0.39 is 0 Å². The van der Waals surface area contributed by atoms with Gasteiger partial charge in [-0.25, -0.2) is 4.99 Å². The zero-order valence-corrected chi connectivity index (χ0v) is 19.2. The molecule has 2 N–H and O–H groups in total. The summed E-state index contributed by atoms with van der Waals surface area (Å²) in [7, 11) is 0. The van der Waals surface area contributed by atoms with Crippen LogP contribution in [0.15, 0.2) is 29.3 Å². The Labute approximate surface area is 183 Å². The van der Waals surface area contributed by atoms with Crippen LogP contribution in [-0.4, -0.2) is 86.1 Å². The minimum atomic E-state index is 0.717. The zero-order valence-electron chi connectivity index (χ0n) is 19.2. The molecule has 2 aliphatic heterocycles. The number of likely N-dealkylation sites (tertiary alicyclic amines) is 1. The Morgan fingerprint density at radius 1 is 0.800 bits per heavy atom. The summed E-state index contributed by atoms with van der Waals surface area (Å²) < 4.78 is 0. The summed E-state index contributed by atoms with van der Waals surface area (Å²) in [5.74, 6) is 0.919. The third kappa shape index (κ3) is 7.89. The molecule has 6 nitrogen and oxygen atoms in total. The number of nitrogens with zero attached hydrogens (tertiary/aromatic N) is 4. The minimum absolute atomic E-state index is 0.717. The molecule has 0 amide bonds. The molecule has 2 heterocycles. The third-order valence-corrected chi connectivity index (χ3v) is 6.27. The van der Waals surface area contributed by atoms with Crippen LogP contribution in [-0.2, 0) is 13.1 Å². The highest BCUT2D eigenvalue weighted by Gasteiger charge is 2.14. The number of piperidine rings is 1. The van der Waals surface area contributed by atoms with Crippen molar-refractivity contribution in [2.45, 2.75) is 46.2 Å². The second-order valence-electron chi connectivity index (χ2n) is 8.55. The summed E-state index contributed by atoms with van der Waals surface area (Å²) >= 11 is 0. The van der Waals surface area contributed by atoms with Crippen molar-refractivity contribution in [3.05, 3.63) is 35.4 Å². The Morgan fingerprint density at radius 3 is 2.13 bits per heavy atom. The molecule has 30 heavy (non-hydrogen) atoms. The van der Waals surface area contributed by atoms with E-state index in [1.54, 1.807) is 0 Å². The van der Waals surface area contributed by atoms with E-state index in [2.05, 4.69) is 63.4 Å². The highest BCUT2D eigenvalue weighted by atomic mass is 15.3. The maximum absolute atomic E-state index is 4.79. The average molecular weight is 415 g/mol. The molecule has 0 aromatic heterocycles. The van der Waals surface area contributed by atoms with Gasteiger partial charge in [-0.15, -0.1) is 0 Å². The number of guanidine groups is 1. The van der Waals surface area contributed by atoms with Gasteiger partial charge in [0.1, 0.15) is 0 Å². The molecular weight excluding hydrogens is 372 g/mol. The number of hydrogen-bond donors (Lipinski definition) is 2. The Morgan fingerprint density at radius 2 is 1.47 bits per heavy atom. The van der Waals surface area contributed by atoms with Crippen LogP contribution < -0.4 is 10.6 Å². The fraction of sp³-hybridized carbons (Fsp3) is 0.708. The fourth-order valence-corrected chi connectivity index (χ4v) is 4.30. The van der Waals surface area contributed by atoms with Gasteiger partial charge in [-0.2, -0.15) is 0 Å². The van der Waals surface area contributed by atoms with Crippen LogP contribution in [0.4, 0.5) is 0 Å². The molecule has 2 aliphatic rings. The zero-order chi connectivity index (χ0) is 21.0. The van der Waals surface area contributed by atoms with Crippen molar-refractivity contribution < 1.29 is 0 Å². The molecule has 1 aromatic carbocycles. The van der Waals surface area contributed by atoms with Crippen molar-refractivity contribution in [2.24, 2.45) is 4.99 Å². The van der Waals surface area contributed by atoms with Crippen LogP contribution >= 0.6 is 0 Å². The molecule has 0 saturated carbocycles. The van der Waals surface area contributed by atoms with Gasteiger partial charge in [0.25, 0.3) is 0 Å². The predicted octanol–water partition coefficient (Wildman–Crippen LogP) is 2.37. The van der Waals surface area contributed by atoms with Crippen LogP contribution in [0.1, 0.15) is 44.2 Å². The molecule has 0 radical (unpaired) electrons. The smallest absolute Gasteiger partial charge is 0.191 e. The quantitative estimate of drug-likeness (QED) is 0.480. The summed E-state index contributed by atoms with van der Waals surface area (Å²) in [6.07, 6.45) is 4.09. The van der Waals surface area contributed by atoms with E-state index in [0.717, 1.165) is 32.1 Å². The topological polar surface area (TPSA) is 46.1 Å². The maximum Gasteiger partial charge on any atom is 0.191 e. The highest BCUT2D eigenvalue weighted by Crippen LogP contribution is 2.14. The van der Waals surface area contributed by atoms with Gasteiger partial charge in [-0.05, 0) is 50.5 Å². The Kier molecular flexibility index (Phi) is 9.93. The molecule has 0 spiro atoms. The van der Waals surface area contributed by atoms with E-state index in [0.29, 0.717) is 6.54 Å². The number of rotatable bonds is 9. The van der Waals surface area contributed by atoms with Gasteiger partial charge in [-0.3, -0.25) is 9.80 Å². The molecule has 2 fully saturated rings. The van der Waals surface area contributed by atoms with Crippen LogP contribution in [0.5, 0.6) is 0 Å². The van der Waals surface area contributed by atoms with Crippen molar-refractivity contribution in [1.82, 2.24) is 25.3 Å². The number of hydrogen-bond acceptors (Lipinski definition) is 4. The Bertz CT molecular complexity index is 615. The summed E-state index contributed by atoms with van der Waals surface area (Å²) in [6, 6.07) is 9.02. The number of aliphatic imine (C=N–C) groups is 1. The van der Waals surface area contributed by atoms with Gasteiger partial charge in [0, 0.05) is 52.4 Å². The maximum atomic E-state index is 4.79. The summed E-state index contributed by atoms with van der Waals surface area (Å²) in [5.41, 5.74) is 2.68. The first-order chi connectivity index (χ1) is 14.8. The molecule has 2 saturated heterocycles. The first-order valence-electron chi connectivity index (χ1n) is 12.0. The molecule has 0 bridgehead atoms. The van der Waals surface area contributed by atoms with Gasteiger partial charge in [0.05, 0.1) is 6.54 Å². The van der Waals surface area contributed by atoms with E-state index in [1.807, 2.05) is 0 Å². The molecule has 168 valence electrons. The standard InChI is InChI=1S/C24H42N6/c1-3-25-24(26-12-15-29-18-16-28(4-2)17-19-29)27-20-22-8-10-23(11-9-22)21-30-13-6-5-7-14-30/h8-11H,3-7,12-21H2,1-2H3,(H2,25,26,27). The van der Waals surface area contributed by atoms with Crippen LogP contribution in [0, 0.1) is 0 Å². The van der Waals surface area contributed by atoms with Crippen molar-refractivity contribution >= 4 is 5.96 Å². The van der Waals surface area contributed by atoms with E-state index in [1.165, 1.54) is 76.2 Å². The first kappa shape index (κ1) is 23.0. The molecule has 6 heteroatoms. The van der Waals surface area contributed by atoms with Crippen LogP contribution in [0.25, 0.3) is 0 Å². The van der Waals surface area contributed by atoms with E-state index in [4.69, 9.17) is 4.99 Å². The van der Waals surface area contributed by atoms with Gasteiger partial charge in [-0.1, -0.05) is 37.6 Å². The Balaban J connectivity index is 1.41. The first-order valence-corrected chi connectivity index (χ1v) is 12.0. The van der Waals surface area contributed by atoms with Crippen molar-refractivity contribution in [3.63, 3.8) is 0 Å². The Hall–Kier alpha value is -1.63. The highest BCUT2D eigenvalue weighted by molar-refractivity contribution is 5.79. The largest absolute Gasteiger partial charge is 0.357 e. The molecular formula is C24H42N6. The number of benzene rings is 1. The molecule has 0 aliphatic carbocycles. The lowest BCUT2D eigenvalue weighted by molar-refractivity contribution is 0.139. The number of likely N-dealkylation sites (N-methyl/N-ethyl adjacent to an activating group) is 1. The van der Waals surface area contributed by atoms with Crippen LogP contribution in [0.3, 0.4) is 0 Å². The minimum Gasteiger partial charge on any atom is -0.357 e. The number of nitrogens with one attached hydrogen (secondary N) is 2. The predicted molar refractivity (Wildman–Crippen MR) is 127 cm³/mol. The van der Waals surface area contributed by atoms with Crippen molar-refractivity contribution in [2.75, 3.05) is 65.4 Å². The van der Waals surface area contributed by atoms with Crippen molar-refractivity contribution in [1.29, 1.82) is 0 Å². The van der Waals surface area contributed by atoms with Gasteiger partial charge < -0.3 is 15.5 Å². The molecule has 0 atom stereocenters. The SMILES string of the molecule is CCNC(=NCc1ccc(CN2CCCCC2)cc1)NCCN1CCN(CC)CC1. The number of piperazine rings is 1. The van der Waals surface area contributed by atoms with E-state index >= 15 is 0 Å². The van der Waals surface area contributed by atoms with Crippen molar-refractivity contribution in [3.8, 4) is 0 Å². The lowest BCUT2D eigenvalue weighted by Crippen LogP contribution is -2.49. The second kappa shape index (κ2) is 12.9. The van der Waals surface area contributed by atoms with E-state index in [9.17, 15) is 0 Å². The molecule has 1 aromatic rings. The van der Waals surface area contributed by atoms with Gasteiger partial charge in [0.15, 0.2) is 5.96 Å². The average Bonchev–Trinajstić information content (AvgIpc) is 2.79. The molecule has 0 unspecified atom stereocenters. The van der Waals surface area contributed by atoms with Gasteiger partial charge >= 0.3 is 0 Å². The fourth-order valence-electron chi connectivity index (χ4n) is 4.30. The van der Waals surface area contributed by atoms with Crippen LogP contribution in [0.2, 0.25) is 0 Å². The summed E-state index contributed by atoms with van der Waals surface area (Å²) in [4.78, 5) is 12.4.